The summed E-state index contributed by atoms with van der Waals surface area (Å²) in [6, 6.07) is 3.77. The lowest BCUT2D eigenvalue weighted by molar-refractivity contribution is 0.105. The van der Waals surface area contributed by atoms with Crippen molar-refractivity contribution >= 4 is 5.96 Å². The zero-order valence-electron chi connectivity index (χ0n) is 14.0. The summed E-state index contributed by atoms with van der Waals surface area (Å²) >= 11 is 0. The van der Waals surface area contributed by atoms with Gasteiger partial charge in [0.2, 0.25) is 0 Å². The summed E-state index contributed by atoms with van der Waals surface area (Å²) in [5.74, 6) is 1.97. The quantitative estimate of drug-likeness (QED) is 0.367. The molecule has 6 heteroatoms. The lowest BCUT2D eigenvalue weighted by Crippen LogP contribution is -2.38. The van der Waals surface area contributed by atoms with Crippen LogP contribution in [0.4, 0.5) is 0 Å². The molecular formula is C17H29N3O3. The Labute approximate surface area is 138 Å². The van der Waals surface area contributed by atoms with Crippen molar-refractivity contribution in [3.05, 3.63) is 24.2 Å². The van der Waals surface area contributed by atoms with Crippen molar-refractivity contribution in [2.24, 2.45) is 10.9 Å². The molecule has 2 atom stereocenters. The van der Waals surface area contributed by atoms with Crippen LogP contribution in [-0.2, 0) is 11.3 Å². The highest BCUT2D eigenvalue weighted by atomic mass is 16.5. The molecule has 0 radical (unpaired) electrons. The smallest absolute Gasteiger partial charge is 0.191 e. The SMILES string of the molecule is CCNC(=NCC1CCCC1O)NCCCOCc1ccco1. The van der Waals surface area contributed by atoms with E-state index >= 15 is 0 Å². The number of furan rings is 1. The summed E-state index contributed by atoms with van der Waals surface area (Å²) in [7, 11) is 0. The fourth-order valence-electron chi connectivity index (χ4n) is 2.73. The summed E-state index contributed by atoms with van der Waals surface area (Å²) in [6.07, 6.45) is 5.47. The molecule has 6 nitrogen and oxygen atoms in total. The second-order valence-corrected chi connectivity index (χ2v) is 5.89. The van der Waals surface area contributed by atoms with Crippen LogP contribution in [0.5, 0.6) is 0 Å². The number of hydrogen-bond donors (Lipinski definition) is 3. The van der Waals surface area contributed by atoms with Gasteiger partial charge < -0.3 is 24.9 Å². The summed E-state index contributed by atoms with van der Waals surface area (Å²) < 4.78 is 10.8. The Hall–Kier alpha value is -1.53. The topological polar surface area (TPSA) is 79.0 Å². The number of ether oxygens (including phenoxy) is 1. The Morgan fingerprint density at radius 3 is 3.04 bits per heavy atom. The van der Waals surface area contributed by atoms with Crippen molar-refractivity contribution in [1.29, 1.82) is 0 Å². The molecule has 1 fully saturated rings. The van der Waals surface area contributed by atoms with Crippen molar-refractivity contribution in [3.8, 4) is 0 Å². The van der Waals surface area contributed by atoms with E-state index in [2.05, 4.69) is 15.6 Å². The third kappa shape index (κ3) is 6.62. The Bertz CT molecular complexity index is 448. The first-order valence-electron chi connectivity index (χ1n) is 8.60. The third-order valence-electron chi connectivity index (χ3n) is 4.03. The van der Waals surface area contributed by atoms with E-state index in [0.717, 1.165) is 50.5 Å². The largest absolute Gasteiger partial charge is 0.467 e. The van der Waals surface area contributed by atoms with E-state index in [1.54, 1.807) is 6.26 Å². The molecule has 1 aromatic heterocycles. The Morgan fingerprint density at radius 2 is 2.35 bits per heavy atom. The molecule has 0 aliphatic heterocycles. The van der Waals surface area contributed by atoms with Gasteiger partial charge in [0.25, 0.3) is 0 Å². The summed E-state index contributed by atoms with van der Waals surface area (Å²) in [4.78, 5) is 4.58. The predicted molar refractivity (Wildman–Crippen MR) is 90.3 cm³/mol. The highest BCUT2D eigenvalue weighted by Crippen LogP contribution is 2.25. The van der Waals surface area contributed by atoms with Crippen LogP contribution < -0.4 is 10.6 Å². The number of aliphatic imine (C=N–C) groups is 1. The van der Waals surface area contributed by atoms with Crippen LogP contribution in [0.25, 0.3) is 0 Å². The number of aliphatic hydroxyl groups excluding tert-OH is 1. The van der Waals surface area contributed by atoms with Crippen LogP contribution in [-0.4, -0.2) is 43.4 Å². The van der Waals surface area contributed by atoms with Gasteiger partial charge in [-0.2, -0.15) is 0 Å². The predicted octanol–water partition coefficient (Wildman–Crippen LogP) is 1.90. The van der Waals surface area contributed by atoms with Crippen molar-refractivity contribution in [1.82, 2.24) is 10.6 Å². The normalized spacial score (nSPS) is 21.6. The van der Waals surface area contributed by atoms with Gasteiger partial charge in [-0.25, -0.2) is 0 Å². The molecule has 1 heterocycles. The third-order valence-corrected chi connectivity index (χ3v) is 4.03. The van der Waals surface area contributed by atoms with Gasteiger partial charge in [-0.15, -0.1) is 0 Å². The molecule has 0 saturated heterocycles. The molecule has 130 valence electrons. The lowest BCUT2D eigenvalue weighted by Gasteiger charge is -2.15. The Morgan fingerprint density at radius 1 is 1.43 bits per heavy atom. The number of aliphatic hydroxyl groups is 1. The molecule has 0 spiro atoms. The van der Waals surface area contributed by atoms with Gasteiger partial charge >= 0.3 is 0 Å². The monoisotopic (exact) mass is 323 g/mol. The number of nitrogens with zero attached hydrogens (tertiary/aromatic N) is 1. The molecule has 1 aromatic rings. The molecule has 2 unspecified atom stereocenters. The fraction of sp³-hybridized carbons (Fsp3) is 0.706. The van der Waals surface area contributed by atoms with E-state index in [1.807, 2.05) is 19.1 Å². The Balaban J connectivity index is 1.59. The van der Waals surface area contributed by atoms with Gasteiger partial charge in [0.15, 0.2) is 5.96 Å². The molecule has 0 amide bonds. The zero-order chi connectivity index (χ0) is 16.3. The standard InChI is InChI=1S/C17H29N3O3/c1-2-18-17(20-12-14-6-3-8-16(14)21)19-9-5-10-22-13-15-7-4-11-23-15/h4,7,11,14,16,21H,2-3,5-6,8-10,12-13H2,1H3,(H2,18,19,20). The maximum Gasteiger partial charge on any atom is 0.191 e. The van der Waals surface area contributed by atoms with E-state index in [1.165, 1.54) is 0 Å². The minimum atomic E-state index is -0.184. The van der Waals surface area contributed by atoms with Crippen molar-refractivity contribution in [2.45, 2.75) is 45.3 Å². The van der Waals surface area contributed by atoms with Gasteiger partial charge in [-0.1, -0.05) is 6.42 Å². The van der Waals surface area contributed by atoms with Crippen LogP contribution >= 0.6 is 0 Å². The average molecular weight is 323 g/mol. The minimum absolute atomic E-state index is 0.184. The minimum Gasteiger partial charge on any atom is -0.467 e. The van der Waals surface area contributed by atoms with Crippen molar-refractivity contribution in [2.75, 3.05) is 26.2 Å². The van der Waals surface area contributed by atoms with E-state index in [9.17, 15) is 5.11 Å². The first-order valence-corrected chi connectivity index (χ1v) is 8.60. The number of hydrogen-bond acceptors (Lipinski definition) is 4. The van der Waals surface area contributed by atoms with Crippen LogP contribution in [0.1, 0.15) is 38.4 Å². The average Bonchev–Trinajstić information content (AvgIpc) is 3.20. The van der Waals surface area contributed by atoms with Crippen LogP contribution in [0.2, 0.25) is 0 Å². The number of guanidine groups is 1. The molecule has 2 rings (SSSR count). The summed E-state index contributed by atoms with van der Waals surface area (Å²) in [6.45, 7) is 5.56. The van der Waals surface area contributed by atoms with E-state index in [4.69, 9.17) is 9.15 Å². The first kappa shape index (κ1) is 17.8. The molecule has 1 saturated carbocycles. The second-order valence-electron chi connectivity index (χ2n) is 5.89. The van der Waals surface area contributed by atoms with Gasteiger partial charge in [-0.05, 0) is 38.3 Å². The van der Waals surface area contributed by atoms with Crippen LogP contribution in [0, 0.1) is 5.92 Å². The van der Waals surface area contributed by atoms with E-state index < -0.39 is 0 Å². The first-order chi connectivity index (χ1) is 11.3. The molecular weight excluding hydrogens is 294 g/mol. The van der Waals surface area contributed by atoms with Crippen LogP contribution in [0.3, 0.4) is 0 Å². The van der Waals surface area contributed by atoms with Crippen LogP contribution in [0.15, 0.2) is 27.8 Å². The van der Waals surface area contributed by atoms with Gasteiger partial charge in [-0.3, -0.25) is 4.99 Å². The van der Waals surface area contributed by atoms with Crippen molar-refractivity contribution in [3.63, 3.8) is 0 Å². The van der Waals surface area contributed by atoms with Gasteiger partial charge in [0.1, 0.15) is 12.4 Å². The maximum atomic E-state index is 9.85. The summed E-state index contributed by atoms with van der Waals surface area (Å²) in [5, 5.41) is 16.4. The Kier molecular flexibility index (Phi) is 7.97. The molecule has 1 aliphatic rings. The highest BCUT2D eigenvalue weighted by Gasteiger charge is 2.24. The summed E-state index contributed by atoms with van der Waals surface area (Å²) in [5.41, 5.74) is 0. The molecule has 0 bridgehead atoms. The zero-order valence-corrected chi connectivity index (χ0v) is 14.0. The highest BCUT2D eigenvalue weighted by molar-refractivity contribution is 5.79. The van der Waals surface area contributed by atoms with Crippen molar-refractivity contribution < 1.29 is 14.3 Å². The number of rotatable bonds is 9. The molecule has 3 N–H and O–H groups in total. The molecule has 0 aromatic carbocycles. The van der Waals surface area contributed by atoms with Gasteiger partial charge in [0.05, 0.1) is 12.4 Å². The lowest BCUT2D eigenvalue weighted by atomic mass is 10.1. The van der Waals surface area contributed by atoms with Gasteiger partial charge in [0, 0.05) is 32.2 Å². The number of nitrogens with one attached hydrogen (secondary N) is 2. The van der Waals surface area contributed by atoms with E-state index in [0.29, 0.717) is 25.7 Å². The molecule has 23 heavy (non-hydrogen) atoms. The molecule has 1 aliphatic carbocycles. The maximum absolute atomic E-state index is 9.85. The van der Waals surface area contributed by atoms with E-state index in [-0.39, 0.29) is 6.10 Å². The fourth-order valence-corrected chi connectivity index (χ4v) is 2.73. The second kappa shape index (κ2) is 10.3.